The molecular formula is C12H9Cl2F2N3. The quantitative estimate of drug-likeness (QED) is 0.676. The van der Waals surface area contributed by atoms with Gasteiger partial charge in [-0.2, -0.15) is 0 Å². The Kier molecular flexibility index (Phi) is 4.31. The van der Waals surface area contributed by atoms with Gasteiger partial charge in [-0.1, -0.05) is 23.2 Å². The topological polar surface area (TPSA) is 50.9 Å². The first kappa shape index (κ1) is 14.1. The van der Waals surface area contributed by atoms with Crippen molar-refractivity contribution in [2.75, 3.05) is 0 Å². The predicted molar refractivity (Wildman–Crippen MR) is 69.8 cm³/mol. The minimum absolute atomic E-state index is 0.0132. The van der Waals surface area contributed by atoms with Crippen LogP contribution in [0.2, 0.25) is 10.0 Å². The number of hydrogen-bond donors (Lipinski definition) is 2. The highest BCUT2D eigenvalue weighted by Gasteiger charge is 2.21. The van der Waals surface area contributed by atoms with Gasteiger partial charge in [0.1, 0.15) is 11.6 Å². The number of hydrogen-bond acceptors (Lipinski definition) is 3. The van der Waals surface area contributed by atoms with Gasteiger partial charge in [0.25, 0.3) is 0 Å². The van der Waals surface area contributed by atoms with Crippen molar-refractivity contribution >= 4 is 23.2 Å². The zero-order valence-electron chi connectivity index (χ0n) is 9.50. The van der Waals surface area contributed by atoms with Crippen LogP contribution in [0.4, 0.5) is 8.78 Å². The van der Waals surface area contributed by atoms with Gasteiger partial charge in [0.2, 0.25) is 0 Å². The smallest absolute Gasteiger partial charge is 0.128 e. The van der Waals surface area contributed by atoms with Gasteiger partial charge >= 0.3 is 0 Å². The molecule has 0 amide bonds. The van der Waals surface area contributed by atoms with E-state index in [1.54, 1.807) is 0 Å². The second kappa shape index (κ2) is 5.79. The summed E-state index contributed by atoms with van der Waals surface area (Å²) in [5, 5.41) is 0.545. The lowest BCUT2D eigenvalue weighted by Crippen LogP contribution is -2.30. The Morgan fingerprint density at radius 1 is 1.21 bits per heavy atom. The largest absolute Gasteiger partial charge is 0.271 e. The number of pyridine rings is 1. The molecule has 0 radical (unpaired) electrons. The second-order valence-electron chi connectivity index (χ2n) is 3.79. The Bertz CT molecular complexity index is 608. The maximum Gasteiger partial charge on any atom is 0.128 e. The van der Waals surface area contributed by atoms with Crippen molar-refractivity contribution < 1.29 is 8.78 Å². The molecule has 3 nitrogen and oxygen atoms in total. The molecule has 2 aromatic rings. The van der Waals surface area contributed by atoms with E-state index in [9.17, 15) is 8.78 Å². The fourth-order valence-corrected chi connectivity index (χ4v) is 2.18. The van der Waals surface area contributed by atoms with E-state index in [2.05, 4.69) is 10.4 Å². The molecule has 0 fully saturated rings. The fraction of sp³-hybridized carbons (Fsp3) is 0.0833. The van der Waals surface area contributed by atoms with Crippen LogP contribution >= 0.6 is 23.2 Å². The van der Waals surface area contributed by atoms with Crippen LogP contribution in [0.3, 0.4) is 0 Å². The highest BCUT2D eigenvalue weighted by atomic mass is 35.5. The number of benzene rings is 1. The van der Waals surface area contributed by atoms with E-state index in [1.165, 1.54) is 12.3 Å². The minimum Gasteiger partial charge on any atom is -0.271 e. The molecule has 1 aromatic carbocycles. The van der Waals surface area contributed by atoms with Crippen molar-refractivity contribution in [3.05, 3.63) is 63.4 Å². The van der Waals surface area contributed by atoms with Gasteiger partial charge in [-0.25, -0.2) is 14.2 Å². The molecule has 0 spiro atoms. The number of hydrazine groups is 1. The number of nitrogens with one attached hydrogen (secondary N) is 1. The van der Waals surface area contributed by atoms with E-state index >= 15 is 0 Å². The highest BCUT2D eigenvalue weighted by molar-refractivity contribution is 6.34. The molecule has 1 aromatic heterocycles. The summed E-state index contributed by atoms with van der Waals surface area (Å²) in [4.78, 5) is 4.00. The molecular weight excluding hydrogens is 295 g/mol. The van der Waals surface area contributed by atoms with Crippen LogP contribution in [-0.2, 0) is 0 Å². The van der Waals surface area contributed by atoms with Gasteiger partial charge in [0.05, 0.1) is 21.8 Å². The number of rotatable bonds is 3. The SMILES string of the molecule is NNC(c1cc(F)ccc1F)c1ncc(Cl)cc1Cl. The van der Waals surface area contributed by atoms with E-state index in [0.29, 0.717) is 5.02 Å². The maximum absolute atomic E-state index is 13.7. The number of nitrogens with two attached hydrogens (primary N) is 1. The summed E-state index contributed by atoms with van der Waals surface area (Å²) in [6.45, 7) is 0. The van der Waals surface area contributed by atoms with Crippen molar-refractivity contribution in [3.8, 4) is 0 Å². The van der Waals surface area contributed by atoms with Crippen molar-refractivity contribution in [1.82, 2.24) is 10.4 Å². The summed E-state index contributed by atoms with van der Waals surface area (Å²) in [6, 6.07) is 3.64. The van der Waals surface area contributed by atoms with Crippen LogP contribution in [0.25, 0.3) is 0 Å². The second-order valence-corrected chi connectivity index (χ2v) is 4.63. The Morgan fingerprint density at radius 2 is 1.95 bits per heavy atom. The van der Waals surface area contributed by atoms with E-state index in [4.69, 9.17) is 29.0 Å². The van der Waals surface area contributed by atoms with E-state index in [-0.39, 0.29) is 16.3 Å². The van der Waals surface area contributed by atoms with Crippen molar-refractivity contribution in [2.24, 2.45) is 5.84 Å². The molecule has 2 rings (SSSR count). The van der Waals surface area contributed by atoms with Crippen LogP contribution in [0.15, 0.2) is 30.5 Å². The van der Waals surface area contributed by atoms with Crippen LogP contribution in [0, 0.1) is 11.6 Å². The first-order chi connectivity index (χ1) is 9.02. The third kappa shape index (κ3) is 3.01. The molecule has 0 aliphatic heterocycles. The molecule has 1 heterocycles. The highest BCUT2D eigenvalue weighted by Crippen LogP contribution is 2.29. The van der Waals surface area contributed by atoms with E-state index in [1.807, 2.05) is 0 Å². The third-order valence-corrected chi connectivity index (χ3v) is 3.05. The van der Waals surface area contributed by atoms with Crippen molar-refractivity contribution in [1.29, 1.82) is 0 Å². The summed E-state index contributed by atoms with van der Waals surface area (Å²) in [5.74, 6) is 4.20. The summed E-state index contributed by atoms with van der Waals surface area (Å²) < 4.78 is 27.0. The molecule has 0 saturated heterocycles. The standard InChI is InChI=1S/C12H9Cl2F2N3/c13-6-3-9(14)12(18-5-6)11(19-17)8-4-7(15)1-2-10(8)16/h1-5,11,19H,17H2. The predicted octanol–water partition coefficient (Wildman–Crippen LogP) is 3.22. The first-order valence-corrected chi connectivity index (χ1v) is 6.00. The molecule has 0 aliphatic rings. The summed E-state index contributed by atoms with van der Waals surface area (Å²) >= 11 is 11.7. The van der Waals surface area contributed by atoms with Crippen LogP contribution < -0.4 is 11.3 Å². The Balaban J connectivity index is 2.52. The van der Waals surface area contributed by atoms with Crippen molar-refractivity contribution in [3.63, 3.8) is 0 Å². The van der Waals surface area contributed by atoms with E-state index in [0.717, 1.165) is 18.2 Å². The van der Waals surface area contributed by atoms with Gasteiger partial charge in [-0.3, -0.25) is 10.8 Å². The van der Waals surface area contributed by atoms with Crippen LogP contribution in [-0.4, -0.2) is 4.98 Å². The third-order valence-electron chi connectivity index (χ3n) is 2.55. The van der Waals surface area contributed by atoms with Gasteiger partial charge < -0.3 is 0 Å². The van der Waals surface area contributed by atoms with Gasteiger partial charge in [0, 0.05) is 11.8 Å². The summed E-state index contributed by atoms with van der Waals surface area (Å²) in [5.41, 5.74) is 2.64. The summed E-state index contributed by atoms with van der Waals surface area (Å²) in [6.07, 6.45) is 1.35. The monoisotopic (exact) mass is 303 g/mol. The fourth-order valence-electron chi connectivity index (χ4n) is 1.69. The zero-order chi connectivity index (χ0) is 14.0. The van der Waals surface area contributed by atoms with Crippen molar-refractivity contribution in [2.45, 2.75) is 6.04 Å². The zero-order valence-corrected chi connectivity index (χ0v) is 11.0. The van der Waals surface area contributed by atoms with Gasteiger partial charge in [-0.15, -0.1) is 0 Å². The molecule has 1 atom stereocenters. The first-order valence-electron chi connectivity index (χ1n) is 5.25. The molecule has 19 heavy (non-hydrogen) atoms. The minimum atomic E-state index is -0.875. The molecule has 3 N–H and O–H groups in total. The molecule has 0 bridgehead atoms. The Morgan fingerprint density at radius 3 is 2.58 bits per heavy atom. The lowest BCUT2D eigenvalue weighted by Gasteiger charge is -2.17. The Labute approximate surface area is 118 Å². The average Bonchev–Trinajstić information content (AvgIpc) is 2.36. The molecule has 100 valence electrons. The average molecular weight is 304 g/mol. The van der Waals surface area contributed by atoms with Gasteiger partial charge in [0.15, 0.2) is 0 Å². The maximum atomic E-state index is 13.7. The molecule has 1 unspecified atom stereocenters. The van der Waals surface area contributed by atoms with E-state index < -0.39 is 17.7 Å². The lowest BCUT2D eigenvalue weighted by atomic mass is 10.0. The molecule has 0 aliphatic carbocycles. The summed E-state index contributed by atoms with van der Waals surface area (Å²) in [7, 11) is 0. The molecule has 0 saturated carbocycles. The number of halogens is 4. The van der Waals surface area contributed by atoms with Crippen LogP contribution in [0.5, 0.6) is 0 Å². The van der Waals surface area contributed by atoms with Crippen LogP contribution in [0.1, 0.15) is 17.3 Å². The Hall–Kier alpha value is -1.27. The number of aromatic nitrogens is 1. The number of nitrogens with zero attached hydrogens (tertiary/aromatic N) is 1. The van der Waals surface area contributed by atoms with Gasteiger partial charge in [-0.05, 0) is 24.3 Å². The normalized spacial score (nSPS) is 12.5. The lowest BCUT2D eigenvalue weighted by molar-refractivity contribution is 0.540. The molecule has 7 heteroatoms.